The standard InChI is InChI=1S/C23H22N2O5/c26-19-13-14-20(27)25(19)30-21(28)12-3-1-2-7-15-8-6-11-18-22(15)23(29)16-9-4-5-10-17(16)24-18/h4-6,8-11,13-14,26-27H,1-3,7,12H2,(H,24,29). The lowest BCUT2D eigenvalue weighted by Crippen LogP contribution is -2.18. The summed E-state index contributed by atoms with van der Waals surface area (Å²) in [5, 5.41) is 20.4. The van der Waals surface area contributed by atoms with Crippen LogP contribution < -0.4 is 10.3 Å². The summed E-state index contributed by atoms with van der Waals surface area (Å²) in [6.07, 6.45) is 3.09. The molecule has 0 spiro atoms. The van der Waals surface area contributed by atoms with Gasteiger partial charge in [0, 0.05) is 34.8 Å². The third kappa shape index (κ3) is 3.87. The lowest BCUT2D eigenvalue weighted by Gasteiger charge is -2.09. The van der Waals surface area contributed by atoms with Crippen molar-refractivity contribution < 1.29 is 19.8 Å². The molecule has 0 aliphatic rings. The van der Waals surface area contributed by atoms with Crippen molar-refractivity contribution in [1.82, 2.24) is 9.71 Å². The predicted octanol–water partition coefficient (Wildman–Crippen LogP) is 3.65. The molecule has 2 aromatic heterocycles. The van der Waals surface area contributed by atoms with Crippen LogP contribution in [0.4, 0.5) is 0 Å². The third-order valence-corrected chi connectivity index (χ3v) is 5.14. The van der Waals surface area contributed by atoms with E-state index >= 15 is 0 Å². The smallest absolute Gasteiger partial charge is 0.333 e. The van der Waals surface area contributed by atoms with E-state index in [1.165, 1.54) is 12.1 Å². The number of aromatic hydroxyl groups is 2. The lowest BCUT2D eigenvalue weighted by molar-refractivity contribution is -0.145. The number of aromatic nitrogens is 2. The summed E-state index contributed by atoms with van der Waals surface area (Å²) in [5.74, 6) is -1.21. The van der Waals surface area contributed by atoms with Gasteiger partial charge in [-0.05, 0) is 43.0 Å². The Bertz CT molecular complexity index is 1250. The van der Waals surface area contributed by atoms with E-state index in [1.54, 1.807) is 0 Å². The first kappa shape index (κ1) is 19.6. The number of pyridine rings is 1. The van der Waals surface area contributed by atoms with Gasteiger partial charge in [0.05, 0.1) is 5.52 Å². The van der Waals surface area contributed by atoms with Crippen LogP contribution >= 0.6 is 0 Å². The van der Waals surface area contributed by atoms with Gasteiger partial charge in [-0.15, -0.1) is 4.73 Å². The van der Waals surface area contributed by atoms with Crippen molar-refractivity contribution in [2.24, 2.45) is 0 Å². The van der Waals surface area contributed by atoms with Gasteiger partial charge >= 0.3 is 5.97 Å². The van der Waals surface area contributed by atoms with Gasteiger partial charge in [-0.2, -0.15) is 0 Å². The van der Waals surface area contributed by atoms with Gasteiger partial charge in [-0.3, -0.25) is 4.79 Å². The van der Waals surface area contributed by atoms with Gasteiger partial charge in [0.1, 0.15) is 0 Å². The molecular weight excluding hydrogens is 384 g/mol. The van der Waals surface area contributed by atoms with Gasteiger partial charge < -0.3 is 20.0 Å². The normalized spacial score (nSPS) is 11.2. The van der Waals surface area contributed by atoms with Crippen molar-refractivity contribution in [2.45, 2.75) is 32.1 Å². The summed E-state index contributed by atoms with van der Waals surface area (Å²) >= 11 is 0. The van der Waals surface area contributed by atoms with E-state index in [2.05, 4.69) is 4.98 Å². The molecule has 0 radical (unpaired) electrons. The van der Waals surface area contributed by atoms with Crippen LogP contribution in [-0.2, 0) is 11.2 Å². The van der Waals surface area contributed by atoms with Crippen LogP contribution in [0.1, 0.15) is 31.2 Å². The second kappa shape index (κ2) is 8.32. The molecule has 3 N–H and O–H groups in total. The Kier molecular flexibility index (Phi) is 5.43. The summed E-state index contributed by atoms with van der Waals surface area (Å²) in [6.45, 7) is 0. The molecule has 2 aromatic carbocycles. The number of hydrogen-bond donors (Lipinski definition) is 3. The summed E-state index contributed by atoms with van der Waals surface area (Å²) in [5.41, 5.74) is 2.67. The molecule has 154 valence electrons. The number of para-hydroxylation sites is 1. The number of H-pyrrole nitrogens is 1. The van der Waals surface area contributed by atoms with Gasteiger partial charge in [-0.25, -0.2) is 4.79 Å². The molecule has 30 heavy (non-hydrogen) atoms. The number of rotatable bonds is 7. The molecule has 0 unspecified atom stereocenters. The monoisotopic (exact) mass is 406 g/mol. The van der Waals surface area contributed by atoms with Gasteiger partial charge in [-0.1, -0.05) is 30.7 Å². The fourth-order valence-electron chi connectivity index (χ4n) is 3.66. The number of fused-ring (bicyclic) bond motifs is 2. The van der Waals surface area contributed by atoms with Crippen molar-refractivity contribution in [3.63, 3.8) is 0 Å². The highest BCUT2D eigenvalue weighted by Gasteiger charge is 2.12. The quantitative estimate of drug-likeness (QED) is 0.321. The van der Waals surface area contributed by atoms with E-state index < -0.39 is 5.97 Å². The molecule has 0 aliphatic carbocycles. The average molecular weight is 406 g/mol. The first-order valence-corrected chi connectivity index (χ1v) is 9.88. The molecule has 7 heteroatoms. The zero-order valence-corrected chi connectivity index (χ0v) is 16.3. The van der Waals surface area contributed by atoms with Crippen molar-refractivity contribution in [2.75, 3.05) is 0 Å². The maximum absolute atomic E-state index is 13.0. The minimum absolute atomic E-state index is 0.0323. The molecule has 4 aromatic rings. The van der Waals surface area contributed by atoms with Crippen LogP contribution in [0.3, 0.4) is 0 Å². The zero-order valence-electron chi connectivity index (χ0n) is 16.3. The fourth-order valence-corrected chi connectivity index (χ4v) is 3.66. The van der Waals surface area contributed by atoms with E-state index in [1.807, 2.05) is 42.5 Å². The fraction of sp³-hybridized carbons (Fsp3) is 0.217. The second-order valence-corrected chi connectivity index (χ2v) is 7.21. The Morgan fingerprint density at radius 3 is 2.43 bits per heavy atom. The second-order valence-electron chi connectivity index (χ2n) is 7.21. The zero-order chi connectivity index (χ0) is 21.1. The molecule has 0 aliphatic heterocycles. The van der Waals surface area contributed by atoms with Crippen LogP contribution in [0.25, 0.3) is 21.8 Å². The molecule has 7 nitrogen and oxygen atoms in total. The van der Waals surface area contributed by atoms with Crippen LogP contribution in [0, 0.1) is 0 Å². The Hall–Kier alpha value is -3.74. The number of aromatic amines is 1. The van der Waals surface area contributed by atoms with Crippen molar-refractivity contribution in [3.8, 4) is 11.8 Å². The summed E-state index contributed by atoms with van der Waals surface area (Å²) < 4.78 is 0.690. The maximum atomic E-state index is 13.0. The molecule has 2 heterocycles. The summed E-state index contributed by atoms with van der Waals surface area (Å²) in [6, 6.07) is 15.8. The first-order valence-electron chi connectivity index (χ1n) is 9.88. The largest absolute Gasteiger partial charge is 0.492 e. The van der Waals surface area contributed by atoms with Crippen molar-refractivity contribution in [1.29, 1.82) is 0 Å². The minimum Gasteiger partial charge on any atom is -0.492 e. The van der Waals surface area contributed by atoms with Gasteiger partial charge in [0.25, 0.3) is 0 Å². The van der Waals surface area contributed by atoms with Crippen LogP contribution in [-0.4, -0.2) is 25.9 Å². The Labute approximate surface area is 172 Å². The van der Waals surface area contributed by atoms with Crippen molar-refractivity contribution in [3.05, 3.63) is 70.4 Å². The van der Waals surface area contributed by atoms with Gasteiger partial charge in [0.2, 0.25) is 11.8 Å². The summed E-state index contributed by atoms with van der Waals surface area (Å²) in [7, 11) is 0. The number of nitrogens with one attached hydrogen (secondary N) is 1. The SMILES string of the molecule is O=C(CCCCCc1cccc2[nH]c3ccccc3c(=O)c12)On1c(O)ccc1O. The number of aryl methyl sites for hydroxylation is 1. The number of unbranched alkanes of at least 4 members (excludes halogenated alkanes) is 2. The topological polar surface area (TPSA) is 105 Å². The maximum Gasteiger partial charge on any atom is 0.333 e. The van der Waals surface area contributed by atoms with Gasteiger partial charge in [0.15, 0.2) is 5.43 Å². The molecule has 4 rings (SSSR count). The Morgan fingerprint density at radius 1 is 0.900 bits per heavy atom. The number of carbonyl (C=O) groups is 1. The highest BCUT2D eigenvalue weighted by molar-refractivity contribution is 5.94. The first-order chi connectivity index (χ1) is 14.5. The van der Waals surface area contributed by atoms with E-state index in [9.17, 15) is 19.8 Å². The Balaban J connectivity index is 1.37. The molecule has 0 saturated carbocycles. The third-order valence-electron chi connectivity index (χ3n) is 5.14. The number of hydrogen-bond acceptors (Lipinski definition) is 5. The van der Waals surface area contributed by atoms with E-state index in [0.717, 1.165) is 35.9 Å². The number of carbonyl (C=O) groups excluding carboxylic acids is 1. The minimum atomic E-state index is -0.537. The summed E-state index contributed by atoms with van der Waals surface area (Å²) in [4.78, 5) is 33.1. The highest BCUT2D eigenvalue weighted by atomic mass is 16.7. The van der Waals surface area contributed by atoms with Crippen LogP contribution in [0.2, 0.25) is 0 Å². The predicted molar refractivity (Wildman–Crippen MR) is 114 cm³/mol. The number of nitrogens with zero attached hydrogens (tertiary/aromatic N) is 1. The van der Waals surface area contributed by atoms with Crippen LogP contribution in [0.15, 0.2) is 59.4 Å². The molecule has 0 amide bonds. The lowest BCUT2D eigenvalue weighted by atomic mass is 10.00. The molecule has 0 fully saturated rings. The van der Waals surface area contributed by atoms with Crippen molar-refractivity contribution >= 4 is 27.8 Å². The average Bonchev–Trinajstić information content (AvgIpc) is 3.05. The molecule has 0 saturated heterocycles. The van der Waals surface area contributed by atoms with Crippen LogP contribution in [0.5, 0.6) is 11.8 Å². The van der Waals surface area contributed by atoms with E-state index in [0.29, 0.717) is 21.9 Å². The molecular formula is C23H22N2O5. The highest BCUT2D eigenvalue weighted by Crippen LogP contribution is 2.21. The van der Waals surface area contributed by atoms with E-state index in [-0.39, 0.29) is 23.6 Å². The molecule has 0 bridgehead atoms. The van der Waals surface area contributed by atoms with E-state index in [4.69, 9.17) is 4.84 Å². The Morgan fingerprint density at radius 2 is 1.63 bits per heavy atom. The number of benzene rings is 2. The molecule has 0 atom stereocenters.